The molecule has 0 atom stereocenters. The number of rotatable bonds is 5. The summed E-state index contributed by atoms with van der Waals surface area (Å²) in [5, 5.41) is 2.82. The van der Waals surface area contributed by atoms with Gasteiger partial charge in [0.05, 0.1) is 13.2 Å². The average Bonchev–Trinajstić information content (AvgIpc) is 3.15. The number of aromatic nitrogens is 1. The number of aryl methyl sites for hydroxylation is 1. The summed E-state index contributed by atoms with van der Waals surface area (Å²) in [5.74, 6) is 0.985. The van der Waals surface area contributed by atoms with Crippen molar-refractivity contribution in [1.29, 1.82) is 0 Å². The largest absolute Gasteiger partial charge is 0.486 e. The van der Waals surface area contributed by atoms with E-state index in [9.17, 15) is 13.2 Å². The predicted octanol–water partition coefficient (Wildman–Crippen LogP) is 0.747. The Labute approximate surface area is 169 Å². The van der Waals surface area contributed by atoms with Gasteiger partial charge < -0.3 is 24.1 Å². The molecule has 2 aliphatic rings. The van der Waals surface area contributed by atoms with E-state index in [0.717, 1.165) is 5.56 Å². The molecule has 4 rings (SSSR count). The van der Waals surface area contributed by atoms with Gasteiger partial charge in [0.2, 0.25) is 10.0 Å². The maximum Gasteiger partial charge on any atom is 0.268 e. The van der Waals surface area contributed by atoms with E-state index in [2.05, 4.69) is 5.32 Å². The maximum absolute atomic E-state index is 12.8. The number of amides is 1. The molecular formula is C19H23N3O6S. The third kappa shape index (κ3) is 4.09. The summed E-state index contributed by atoms with van der Waals surface area (Å²) in [4.78, 5) is 12.7. The molecule has 0 saturated carbocycles. The first-order valence-electron chi connectivity index (χ1n) is 9.36. The molecule has 0 aliphatic carbocycles. The molecule has 156 valence electrons. The minimum Gasteiger partial charge on any atom is -0.486 e. The number of carbonyl (C=O) groups is 1. The fourth-order valence-electron chi connectivity index (χ4n) is 3.31. The predicted molar refractivity (Wildman–Crippen MR) is 104 cm³/mol. The Morgan fingerprint density at radius 2 is 1.79 bits per heavy atom. The van der Waals surface area contributed by atoms with Crippen LogP contribution in [0.1, 0.15) is 16.1 Å². The first-order chi connectivity index (χ1) is 13.9. The van der Waals surface area contributed by atoms with Crippen LogP contribution in [0.4, 0.5) is 0 Å². The standard InChI is InChI=1S/C19H23N3O6S/c1-21-13-15(29(24,25)22-4-6-26-7-5-22)11-16(21)19(23)20-12-14-2-3-17-18(10-14)28-9-8-27-17/h2-3,10-11,13H,4-9,12H2,1H3,(H,20,23). The summed E-state index contributed by atoms with van der Waals surface area (Å²) in [6.07, 6.45) is 1.46. The number of fused-ring (bicyclic) bond motifs is 1. The van der Waals surface area contributed by atoms with E-state index in [-0.39, 0.29) is 23.0 Å². The number of ether oxygens (including phenoxy) is 3. The van der Waals surface area contributed by atoms with Crippen LogP contribution in [0, 0.1) is 0 Å². The molecule has 2 aromatic rings. The van der Waals surface area contributed by atoms with Gasteiger partial charge in [-0.05, 0) is 23.8 Å². The average molecular weight is 421 g/mol. The topological polar surface area (TPSA) is 99.1 Å². The van der Waals surface area contributed by atoms with Crippen LogP contribution in [-0.4, -0.2) is 62.7 Å². The second kappa shape index (κ2) is 8.05. The molecular weight excluding hydrogens is 398 g/mol. The van der Waals surface area contributed by atoms with E-state index in [0.29, 0.717) is 51.0 Å². The molecule has 29 heavy (non-hydrogen) atoms. The van der Waals surface area contributed by atoms with Crippen LogP contribution in [0.25, 0.3) is 0 Å². The van der Waals surface area contributed by atoms with Crippen LogP contribution in [-0.2, 0) is 28.4 Å². The van der Waals surface area contributed by atoms with Crippen LogP contribution < -0.4 is 14.8 Å². The van der Waals surface area contributed by atoms with Crippen molar-refractivity contribution in [2.75, 3.05) is 39.5 Å². The lowest BCUT2D eigenvalue weighted by molar-refractivity contribution is 0.0730. The van der Waals surface area contributed by atoms with Gasteiger partial charge in [0.1, 0.15) is 23.8 Å². The third-order valence-corrected chi connectivity index (χ3v) is 6.74. The van der Waals surface area contributed by atoms with E-state index >= 15 is 0 Å². The fourth-order valence-corrected chi connectivity index (χ4v) is 4.79. The summed E-state index contributed by atoms with van der Waals surface area (Å²) in [6.45, 7) is 2.65. The van der Waals surface area contributed by atoms with Crippen LogP contribution in [0.5, 0.6) is 11.5 Å². The Kier molecular flexibility index (Phi) is 5.48. The number of hydrogen-bond donors (Lipinski definition) is 1. The zero-order chi connectivity index (χ0) is 20.4. The van der Waals surface area contributed by atoms with Gasteiger partial charge in [-0.15, -0.1) is 0 Å². The van der Waals surface area contributed by atoms with Crippen molar-refractivity contribution in [3.05, 3.63) is 41.7 Å². The monoisotopic (exact) mass is 421 g/mol. The molecule has 0 unspecified atom stereocenters. The number of sulfonamides is 1. The Bertz CT molecular complexity index is 1010. The van der Waals surface area contributed by atoms with Gasteiger partial charge in [-0.1, -0.05) is 6.07 Å². The minimum atomic E-state index is -3.65. The molecule has 1 aromatic carbocycles. The number of benzene rings is 1. The number of nitrogens with zero attached hydrogens (tertiary/aromatic N) is 2. The molecule has 0 radical (unpaired) electrons. The maximum atomic E-state index is 12.8. The van der Waals surface area contributed by atoms with Crippen molar-refractivity contribution in [2.24, 2.45) is 7.05 Å². The molecule has 3 heterocycles. The van der Waals surface area contributed by atoms with Crippen LogP contribution >= 0.6 is 0 Å². The van der Waals surface area contributed by atoms with Gasteiger partial charge in [-0.25, -0.2) is 8.42 Å². The van der Waals surface area contributed by atoms with Crippen molar-refractivity contribution in [3.8, 4) is 11.5 Å². The normalized spacial score (nSPS) is 17.1. The number of hydrogen-bond acceptors (Lipinski definition) is 6. The Morgan fingerprint density at radius 3 is 2.55 bits per heavy atom. The lowest BCUT2D eigenvalue weighted by atomic mass is 10.2. The second-order valence-electron chi connectivity index (χ2n) is 6.85. The number of nitrogens with one attached hydrogen (secondary N) is 1. The van der Waals surface area contributed by atoms with Gasteiger partial charge >= 0.3 is 0 Å². The molecule has 0 spiro atoms. The lowest BCUT2D eigenvalue weighted by Gasteiger charge is -2.25. The second-order valence-corrected chi connectivity index (χ2v) is 8.79. The van der Waals surface area contributed by atoms with Crippen molar-refractivity contribution in [1.82, 2.24) is 14.2 Å². The van der Waals surface area contributed by atoms with E-state index in [1.807, 2.05) is 18.2 Å². The summed E-state index contributed by atoms with van der Waals surface area (Å²) in [5.41, 5.74) is 1.13. The van der Waals surface area contributed by atoms with Crippen LogP contribution in [0.3, 0.4) is 0 Å². The van der Waals surface area contributed by atoms with Gasteiger partial charge in [0, 0.05) is 32.9 Å². The zero-order valence-corrected chi connectivity index (χ0v) is 16.9. The van der Waals surface area contributed by atoms with Crippen molar-refractivity contribution < 1.29 is 27.4 Å². The molecule has 0 bridgehead atoms. The van der Waals surface area contributed by atoms with E-state index < -0.39 is 10.0 Å². The Hall–Kier alpha value is -2.56. The number of morpholine rings is 1. The smallest absolute Gasteiger partial charge is 0.268 e. The molecule has 2 aliphatic heterocycles. The highest BCUT2D eigenvalue weighted by atomic mass is 32.2. The Morgan fingerprint density at radius 1 is 1.07 bits per heavy atom. The van der Waals surface area contributed by atoms with E-state index in [4.69, 9.17) is 14.2 Å². The molecule has 1 fully saturated rings. The highest BCUT2D eigenvalue weighted by molar-refractivity contribution is 7.89. The fraction of sp³-hybridized carbons (Fsp3) is 0.421. The van der Waals surface area contributed by atoms with Gasteiger partial charge in [-0.3, -0.25) is 4.79 Å². The highest BCUT2D eigenvalue weighted by Gasteiger charge is 2.28. The third-order valence-electron chi connectivity index (χ3n) is 4.88. The summed E-state index contributed by atoms with van der Waals surface area (Å²) in [6, 6.07) is 6.90. The first kappa shape index (κ1) is 19.7. The van der Waals surface area contributed by atoms with Gasteiger partial charge in [-0.2, -0.15) is 4.31 Å². The number of carbonyl (C=O) groups excluding carboxylic acids is 1. The van der Waals surface area contributed by atoms with E-state index in [1.54, 1.807) is 7.05 Å². The molecule has 10 heteroatoms. The first-order valence-corrected chi connectivity index (χ1v) is 10.8. The Balaban J connectivity index is 1.45. The summed E-state index contributed by atoms with van der Waals surface area (Å²) in [7, 11) is -2.00. The van der Waals surface area contributed by atoms with Crippen molar-refractivity contribution in [2.45, 2.75) is 11.4 Å². The molecule has 1 N–H and O–H groups in total. The van der Waals surface area contributed by atoms with Gasteiger partial charge in [0.15, 0.2) is 11.5 Å². The molecule has 9 nitrogen and oxygen atoms in total. The van der Waals surface area contributed by atoms with Crippen LogP contribution in [0.2, 0.25) is 0 Å². The minimum absolute atomic E-state index is 0.103. The zero-order valence-electron chi connectivity index (χ0n) is 16.1. The SMILES string of the molecule is Cn1cc(S(=O)(=O)N2CCOCC2)cc1C(=O)NCc1ccc2c(c1)OCCO2. The van der Waals surface area contributed by atoms with Crippen LogP contribution in [0.15, 0.2) is 35.4 Å². The highest BCUT2D eigenvalue weighted by Crippen LogP contribution is 2.30. The summed E-state index contributed by atoms with van der Waals surface area (Å²) >= 11 is 0. The van der Waals surface area contributed by atoms with Crippen molar-refractivity contribution in [3.63, 3.8) is 0 Å². The van der Waals surface area contributed by atoms with Crippen molar-refractivity contribution >= 4 is 15.9 Å². The van der Waals surface area contributed by atoms with E-state index in [1.165, 1.54) is 21.1 Å². The lowest BCUT2D eigenvalue weighted by Crippen LogP contribution is -2.40. The van der Waals surface area contributed by atoms with Gasteiger partial charge in [0.25, 0.3) is 5.91 Å². The quantitative estimate of drug-likeness (QED) is 0.765. The molecule has 1 amide bonds. The summed E-state index contributed by atoms with van der Waals surface area (Å²) < 4.78 is 44.7. The molecule has 1 saturated heterocycles. The molecule has 1 aromatic heterocycles.